The van der Waals surface area contributed by atoms with Crippen LogP contribution in [0.4, 0.5) is 0 Å². The summed E-state index contributed by atoms with van der Waals surface area (Å²) in [4.78, 5) is 25.7. The van der Waals surface area contributed by atoms with Crippen LogP contribution in [0.15, 0.2) is 24.3 Å². The second-order valence-electron chi connectivity index (χ2n) is 6.02. The van der Waals surface area contributed by atoms with Crippen molar-refractivity contribution in [1.82, 2.24) is 10.2 Å². The minimum atomic E-state index is -0.00195. The van der Waals surface area contributed by atoms with Gasteiger partial charge in [-0.2, -0.15) is 0 Å². The molecule has 1 N–H and O–H groups in total. The molecule has 5 heteroatoms. The van der Waals surface area contributed by atoms with Crippen LogP contribution in [-0.4, -0.2) is 36.9 Å². The molecule has 1 unspecified atom stereocenters. The molecule has 1 aromatic carbocycles. The van der Waals surface area contributed by atoms with Gasteiger partial charge in [-0.05, 0) is 37.0 Å². The molecule has 1 fully saturated rings. The van der Waals surface area contributed by atoms with E-state index in [1.54, 1.807) is 14.0 Å². The number of carbonyl (C=O) groups is 2. The van der Waals surface area contributed by atoms with E-state index in [0.717, 1.165) is 30.6 Å². The predicted molar refractivity (Wildman–Crippen MR) is 89.1 cm³/mol. The lowest BCUT2D eigenvalue weighted by Gasteiger charge is -2.31. The number of methoxy groups -OCH3 is 1. The molecule has 0 aliphatic carbocycles. The lowest BCUT2D eigenvalue weighted by Crippen LogP contribution is -2.43. The number of benzene rings is 1. The zero-order valence-electron chi connectivity index (χ0n) is 14.2. The van der Waals surface area contributed by atoms with E-state index in [1.807, 2.05) is 29.2 Å². The normalized spacial score (nSPS) is 16.7. The Morgan fingerprint density at radius 1 is 1.26 bits per heavy atom. The van der Waals surface area contributed by atoms with Gasteiger partial charge in [0.25, 0.3) is 0 Å². The van der Waals surface area contributed by atoms with E-state index >= 15 is 0 Å². The highest BCUT2D eigenvalue weighted by Gasteiger charge is 2.27. The standard InChI is InChI=1S/C18H26N2O3/c1-4-17(14-5-7-16(23-3)8-6-14)19-18(22)15-9-11-20(12-10-15)13(2)21/h5-8,15,17H,4,9-12H2,1-3H3,(H,19,22). The first-order chi connectivity index (χ1) is 11.0. The molecule has 1 aliphatic heterocycles. The van der Waals surface area contributed by atoms with E-state index in [1.165, 1.54) is 0 Å². The summed E-state index contributed by atoms with van der Waals surface area (Å²) < 4.78 is 5.17. The molecule has 23 heavy (non-hydrogen) atoms. The molecule has 1 aliphatic rings. The van der Waals surface area contributed by atoms with Gasteiger partial charge in [0.1, 0.15) is 5.75 Å². The number of hydrogen-bond acceptors (Lipinski definition) is 3. The zero-order chi connectivity index (χ0) is 16.8. The number of likely N-dealkylation sites (tertiary alicyclic amines) is 1. The van der Waals surface area contributed by atoms with Gasteiger partial charge >= 0.3 is 0 Å². The van der Waals surface area contributed by atoms with Gasteiger partial charge in [-0.3, -0.25) is 9.59 Å². The van der Waals surface area contributed by atoms with Crippen molar-refractivity contribution < 1.29 is 14.3 Å². The highest BCUT2D eigenvalue weighted by atomic mass is 16.5. The maximum atomic E-state index is 12.5. The smallest absolute Gasteiger partial charge is 0.223 e. The molecule has 0 aromatic heterocycles. The lowest BCUT2D eigenvalue weighted by atomic mass is 9.94. The third kappa shape index (κ3) is 4.47. The number of hydrogen-bond donors (Lipinski definition) is 1. The highest BCUT2D eigenvalue weighted by molar-refractivity contribution is 5.80. The van der Waals surface area contributed by atoms with Crippen molar-refractivity contribution in [3.05, 3.63) is 29.8 Å². The molecule has 0 spiro atoms. The van der Waals surface area contributed by atoms with E-state index in [9.17, 15) is 9.59 Å². The molecule has 2 rings (SSSR count). The van der Waals surface area contributed by atoms with Crippen molar-refractivity contribution in [2.24, 2.45) is 5.92 Å². The second kappa shape index (κ2) is 7.99. The minimum Gasteiger partial charge on any atom is -0.497 e. The number of amides is 2. The Bertz CT molecular complexity index is 534. The number of carbonyl (C=O) groups excluding carboxylic acids is 2. The number of nitrogens with zero attached hydrogens (tertiary/aromatic N) is 1. The molecule has 1 heterocycles. The summed E-state index contributed by atoms with van der Waals surface area (Å²) in [6.07, 6.45) is 2.32. The van der Waals surface area contributed by atoms with Crippen LogP contribution >= 0.6 is 0 Å². The van der Waals surface area contributed by atoms with Crippen LogP contribution in [0.2, 0.25) is 0 Å². The van der Waals surface area contributed by atoms with Crippen LogP contribution in [-0.2, 0) is 9.59 Å². The predicted octanol–water partition coefficient (Wildman–Crippen LogP) is 2.52. The first-order valence-electron chi connectivity index (χ1n) is 8.25. The largest absolute Gasteiger partial charge is 0.497 e. The first-order valence-corrected chi connectivity index (χ1v) is 8.25. The summed E-state index contributed by atoms with van der Waals surface area (Å²) in [5.74, 6) is 0.994. The molecule has 126 valence electrons. The topological polar surface area (TPSA) is 58.6 Å². The van der Waals surface area contributed by atoms with Crippen molar-refractivity contribution in [3.63, 3.8) is 0 Å². The molecule has 1 aromatic rings. The molecule has 0 bridgehead atoms. The maximum absolute atomic E-state index is 12.5. The fourth-order valence-electron chi connectivity index (χ4n) is 3.00. The van der Waals surface area contributed by atoms with Gasteiger partial charge in [0.05, 0.1) is 13.2 Å². The lowest BCUT2D eigenvalue weighted by molar-refractivity contribution is -0.134. The van der Waals surface area contributed by atoms with Crippen molar-refractivity contribution in [1.29, 1.82) is 0 Å². The number of nitrogens with one attached hydrogen (secondary N) is 1. The quantitative estimate of drug-likeness (QED) is 0.907. The molecule has 5 nitrogen and oxygen atoms in total. The van der Waals surface area contributed by atoms with E-state index in [-0.39, 0.29) is 23.8 Å². The monoisotopic (exact) mass is 318 g/mol. The molecule has 0 saturated carbocycles. The van der Waals surface area contributed by atoms with Gasteiger partial charge < -0.3 is 15.0 Å². The van der Waals surface area contributed by atoms with E-state index < -0.39 is 0 Å². The minimum absolute atomic E-state index is 0.00195. The third-order valence-electron chi connectivity index (χ3n) is 4.55. The summed E-state index contributed by atoms with van der Waals surface area (Å²) in [6.45, 7) is 4.99. The Labute approximate surface area is 138 Å². The molecule has 0 radical (unpaired) electrons. The van der Waals surface area contributed by atoms with Crippen LogP contribution in [0.25, 0.3) is 0 Å². The van der Waals surface area contributed by atoms with Gasteiger partial charge in [0.15, 0.2) is 0 Å². The summed E-state index contributed by atoms with van der Waals surface area (Å²) >= 11 is 0. The van der Waals surface area contributed by atoms with Gasteiger partial charge in [-0.1, -0.05) is 19.1 Å². The van der Waals surface area contributed by atoms with Gasteiger partial charge in [0.2, 0.25) is 11.8 Å². The fraction of sp³-hybridized carbons (Fsp3) is 0.556. The average molecular weight is 318 g/mol. The summed E-state index contributed by atoms with van der Waals surface area (Å²) in [7, 11) is 1.64. The molecule has 1 saturated heterocycles. The summed E-state index contributed by atoms with van der Waals surface area (Å²) in [6, 6.07) is 7.82. The third-order valence-corrected chi connectivity index (χ3v) is 4.55. The van der Waals surface area contributed by atoms with Gasteiger partial charge in [-0.25, -0.2) is 0 Å². The molecule has 1 atom stereocenters. The van der Waals surface area contributed by atoms with Crippen LogP contribution in [0.3, 0.4) is 0 Å². The second-order valence-corrected chi connectivity index (χ2v) is 6.02. The van der Waals surface area contributed by atoms with Crippen LogP contribution in [0, 0.1) is 5.92 Å². The Morgan fingerprint density at radius 2 is 1.87 bits per heavy atom. The van der Waals surface area contributed by atoms with Crippen molar-refractivity contribution in [3.8, 4) is 5.75 Å². The Balaban J connectivity index is 1.93. The molecular formula is C18H26N2O3. The number of piperidine rings is 1. The van der Waals surface area contributed by atoms with Crippen molar-refractivity contribution >= 4 is 11.8 Å². The van der Waals surface area contributed by atoms with Gasteiger partial charge in [-0.15, -0.1) is 0 Å². The van der Waals surface area contributed by atoms with Crippen LogP contribution in [0.1, 0.15) is 44.7 Å². The fourth-order valence-corrected chi connectivity index (χ4v) is 3.00. The Hall–Kier alpha value is -2.04. The summed E-state index contributed by atoms with van der Waals surface area (Å²) in [5.41, 5.74) is 1.09. The maximum Gasteiger partial charge on any atom is 0.223 e. The van der Waals surface area contributed by atoms with E-state index in [2.05, 4.69) is 12.2 Å². The Kier molecular flexibility index (Phi) is 6.02. The van der Waals surface area contributed by atoms with Crippen molar-refractivity contribution in [2.45, 2.75) is 39.2 Å². The van der Waals surface area contributed by atoms with E-state index in [0.29, 0.717) is 13.1 Å². The van der Waals surface area contributed by atoms with E-state index in [4.69, 9.17) is 4.74 Å². The van der Waals surface area contributed by atoms with Crippen LogP contribution in [0.5, 0.6) is 5.75 Å². The van der Waals surface area contributed by atoms with Gasteiger partial charge in [0, 0.05) is 25.9 Å². The van der Waals surface area contributed by atoms with Crippen LogP contribution < -0.4 is 10.1 Å². The number of rotatable bonds is 5. The Morgan fingerprint density at radius 3 is 2.35 bits per heavy atom. The summed E-state index contributed by atoms with van der Waals surface area (Å²) in [5, 5.41) is 3.15. The molecular weight excluding hydrogens is 292 g/mol. The molecule has 2 amide bonds. The zero-order valence-corrected chi connectivity index (χ0v) is 14.2. The first kappa shape index (κ1) is 17.3. The average Bonchev–Trinajstić information content (AvgIpc) is 2.59. The van der Waals surface area contributed by atoms with Crippen molar-refractivity contribution in [2.75, 3.05) is 20.2 Å². The number of ether oxygens (including phenoxy) is 1. The highest BCUT2D eigenvalue weighted by Crippen LogP contribution is 2.23. The SMILES string of the molecule is CCC(NC(=O)C1CCN(C(C)=O)CC1)c1ccc(OC)cc1.